The highest BCUT2D eigenvalue weighted by atomic mass is 16.6. The van der Waals surface area contributed by atoms with Crippen molar-refractivity contribution in [3.05, 3.63) is 6.92 Å². The van der Waals surface area contributed by atoms with Crippen LogP contribution in [0.3, 0.4) is 0 Å². The minimum Gasteiger partial charge on any atom is -0.465 e. The van der Waals surface area contributed by atoms with Crippen LogP contribution in [0.5, 0.6) is 0 Å². The number of esters is 3. The zero-order valence-electron chi connectivity index (χ0n) is 10.1. The maximum absolute atomic E-state index is 11.2. The third kappa shape index (κ3) is 9.72. The molecule has 8 nitrogen and oxygen atoms in total. The number of ether oxygens (including phenoxy) is 3. The van der Waals surface area contributed by atoms with Crippen molar-refractivity contribution in [1.82, 2.24) is 0 Å². The van der Waals surface area contributed by atoms with E-state index in [1.165, 1.54) is 0 Å². The summed E-state index contributed by atoms with van der Waals surface area (Å²) in [6, 6.07) is 0. The highest BCUT2D eigenvalue weighted by molar-refractivity contribution is 5.95. The molecule has 8 heteroatoms. The normalized spacial score (nSPS) is 9.58. The fourth-order valence-corrected chi connectivity index (χ4v) is 0.964. The van der Waals surface area contributed by atoms with Crippen LogP contribution in [0.15, 0.2) is 0 Å². The third-order valence-corrected chi connectivity index (χ3v) is 1.74. The summed E-state index contributed by atoms with van der Waals surface area (Å²) < 4.78 is 13.0. The quantitative estimate of drug-likeness (QED) is 0.247. The van der Waals surface area contributed by atoms with Gasteiger partial charge in [0, 0.05) is 13.3 Å². The van der Waals surface area contributed by atoms with Gasteiger partial charge < -0.3 is 19.3 Å². The van der Waals surface area contributed by atoms with Gasteiger partial charge >= 0.3 is 17.9 Å². The van der Waals surface area contributed by atoms with Gasteiger partial charge in [-0.1, -0.05) is 0 Å². The lowest BCUT2D eigenvalue weighted by Gasteiger charge is -2.04. The lowest BCUT2D eigenvalue weighted by atomic mass is 10.2. The number of carbonyl (C=O) groups excluding carboxylic acids is 4. The Hall–Kier alpha value is -1.96. The summed E-state index contributed by atoms with van der Waals surface area (Å²) in [5.74, 6) is -3.07. The number of hydrogen-bond donors (Lipinski definition) is 1. The van der Waals surface area contributed by atoms with Crippen LogP contribution in [0.1, 0.15) is 19.3 Å². The van der Waals surface area contributed by atoms with E-state index in [0.29, 0.717) is 0 Å². The summed E-state index contributed by atoms with van der Waals surface area (Å²) in [7, 11) is 0. The van der Waals surface area contributed by atoms with Gasteiger partial charge in [-0.2, -0.15) is 0 Å². The molecule has 0 amide bonds. The van der Waals surface area contributed by atoms with Crippen molar-refractivity contribution in [2.75, 3.05) is 20.0 Å². The van der Waals surface area contributed by atoms with Gasteiger partial charge in [0.25, 0.3) is 0 Å². The van der Waals surface area contributed by atoms with E-state index in [1.807, 2.05) is 0 Å². The highest BCUT2D eigenvalue weighted by Crippen LogP contribution is 1.96. The van der Waals surface area contributed by atoms with Crippen molar-refractivity contribution >= 4 is 23.7 Å². The van der Waals surface area contributed by atoms with E-state index in [2.05, 4.69) is 14.2 Å². The number of ketones is 1. The van der Waals surface area contributed by atoms with Crippen molar-refractivity contribution in [3.63, 3.8) is 0 Å². The molecule has 0 aliphatic rings. The van der Waals surface area contributed by atoms with E-state index in [9.17, 15) is 19.2 Å². The van der Waals surface area contributed by atoms with Crippen LogP contribution in [-0.2, 0) is 33.4 Å². The van der Waals surface area contributed by atoms with Gasteiger partial charge in [-0.05, 0) is 0 Å². The second-order valence-electron chi connectivity index (χ2n) is 3.19. The Balaban J connectivity index is 3.72. The van der Waals surface area contributed by atoms with Crippen LogP contribution in [0.4, 0.5) is 0 Å². The number of aliphatic hydroxyl groups is 1. The van der Waals surface area contributed by atoms with Gasteiger partial charge in [-0.25, -0.2) is 0 Å². The van der Waals surface area contributed by atoms with Crippen molar-refractivity contribution in [3.8, 4) is 0 Å². The first-order valence-electron chi connectivity index (χ1n) is 5.29. The van der Waals surface area contributed by atoms with E-state index >= 15 is 0 Å². The fourth-order valence-electron chi connectivity index (χ4n) is 0.964. The molecule has 0 atom stereocenters. The first kappa shape index (κ1) is 17.0. The zero-order chi connectivity index (χ0) is 14.7. The van der Waals surface area contributed by atoms with Crippen molar-refractivity contribution in [2.45, 2.75) is 19.3 Å². The Labute approximate surface area is 109 Å². The molecule has 0 aliphatic carbocycles. The second-order valence-corrected chi connectivity index (χ2v) is 3.19. The topological polar surface area (TPSA) is 116 Å². The monoisotopic (exact) mass is 274 g/mol. The summed E-state index contributed by atoms with van der Waals surface area (Å²) in [5.41, 5.74) is 0. The highest BCUT2D eigenvalue weighted by Gasteiger charge is 2.14. The van der Waals surface area contributed by atoms with E-state index in [0.717, 1.165) is 0 Å². The number of rotatable bonds is 9. The third-order valence-electron chi connectivity index (χ3n) is 1.74. The summed E-state index contributed by atoms with van der Waals surface area (Å²) >= 11 is 0. The number of aliphatic hydroxyl groups excluding tert-OH is 1. The Kier molecular flexibility index (Phi) is 8.98. The predicted octanol–water partition coefficient (Wildman–Crippen LogP) is -0.984. The average molecular weight is 274 g/mol. The largest absolute Gasteiger partial charge is 0.465 e. The van der Waals surface area contributed by atoms with Crippen LogP contribution in [0.2, 0.25) is 0 Å². The number of hydrogen-bond acceptors (Lipinski definition) is 8. The Morgan fingerprint density at radius 3 is 2.05 bits per heavy atom. The minimum absolute atomic E-state index is 0.180. The number of Topliss-reactive ketones (excluding diaryl/α,β-unsaturated/α-hetero) is 1. The molecule has 19 heavy (non-hydrogen) atoms. The van der Waals surface area contributed by atoms with Crippen LogP contribution >= 0.6 is 0 Å². The predicted molar refractivity (Wildman–Crippen MR) is 58.3 cm³/mol. The molecular weight excluding hydrogens is 260 g/mol. The van der Waals surface area contributed by atoms with Crippen LogP contribution in [0.25, 0.3) is 0 Å². The molecule has 0 rings (SSSR count). The van der Waals surface area contributed by atoms with Crippen LogP contribution in [-0.4, -0.2) is 48.8 Å². The van der Waals surface area contributed by atoms with Crippen molar-refractivity contribution in [1.29, 1.82) is 0 Å². The van der Waals surface area contributed by atoms with Gasteiger partial charge in [-0.15, -0.1) is 0 Å². The van der Waals surface area contributed by atoms with Crippen LogP contribution in [0, 0.1) is 6.92 Å². The van der Waals surface area contributed by atoms with Gasteiger partial charge in [0.15, 0.2) is 6.79 Å². The molecule has 0 unspecified atom stereocenters. The minimum atomic E-state index is -0.939. The maximum atomic E-state index is 11.2. The first-order valence-corrected chi connectivity index (χ1v) is 5.29. The molecule has 106 valence electrons. The molecule has 0 saturated heterocycles. The molecule has 0 bridgehead atoms. The molecule has 0 aromatic rings. The van der Waals surface area contributed by atoms with E-state index < -0.39 is 43.3 Å². The standard InChI is InChI=1S/C11H14O8/c1-2-17-9(14)5-8(13)3-4-18-10(15)6-11(16)19-7-12/h1,12H,2-7H2. The summed E-state index contributed by atoms with van der Waals surface area (Å²) in [6.07, 6.45) is -1.30. The molecule has 0 aliphatic heterocycles. The molecule has 0 aromatic carbocycles. The average Bonchev–Trinajstić information content (AvgIpc) is 2.28. The molecule has 0 spiro atoms. The lowest BCUT2D eigenvalue weighted by molar-refractivity contribution is -0.159. The molecule has 1 N–H and O–H groups in total. The Morgan fingerprint density at radius 1 is 0.895 bits per heavy atom. The SMILES string of the molecule is [CH]COC(=O)CC(=O)CCOC(=O)CC(=O)OCO. The van der Waals surface area contributed by atoms with Gasteiger partial charge in [0.05, 0.1) is 13.2 Å². The molecule has 0 aromatic heterocycles. The lowest BCUT2D eigenvalue weighted by Crippen LogP contribution is -2.17. The molecule has 2 radical (unpaired) electrons. The van der Waals surface area contributed by atoms with Crippen molar-refractivity contribution < 1.29 is 38.5 Å². The first-order chi connectivity index (χ1) is 8.99. The zero-order valence-corrected chi connectivity index (χ0v) is 10.1. The van der Waals surface area contributed by atoms with Gasteiger partial charge in [-0.3, -0.25) is 19.2 Å². The number of carbonyl (C=O) groups is 4. The van der Waals surface area contributed by atoms with Gasteiger partial charge in [0.2, 0.25) is 0 Å². The fraction of sp³-hybridized carbons (Fsp3) is 0.545. The summed E-state index contributed by atoms with van der Waals surface area (Å²) in [6.45, 7) is 3.53. The summed E-state index contributed by atoms with van der Waals surface area (Å²) in [5, 5.41) is 8.23. The molecule has 0 heterocycles. The van der Waals surface area contributed by atoms with Gasteiger partial charge in [0.1, 0.15) is 18.6 Å². The van der Waals surface area contributed by atoms with E-state index in [4.69, 9.17) is 12.0 Å². The smallest absolute Gasteiger partial charge is 0.319 e. The van der Waals surface area contributed by atoms with E-state index in [1.54, 1.807) is 0 Å². The Morgan fingerprint density at radius 2 is 1.47 bits per heavy atom. The Bertz CT molecular complexity index is 304. The molecular formula is C11H14O8. The molecule has 0 saturated carbocycles. The molecule has 0 fully saturated rings. The summed E-state index contributed by atoms with van der Waals surface area (Å²) in [4.78, 5) is 43.8. The van der Waals surface area contributed by atoms with E-state index in [-0.39, 0.29) is 19.6 Å². The second kappa shape index (κ2) is 10.0. The van der Waals surface area contributed by atoms with Crippen LogP contribution < -0.4 is 0 Å². The van der Waals surface area contributed by atoms with Crippen molar-refractivity contribution in [2.24, 2.45) is 0 Å². The maximum Gasteiger partial charge on any atom is 0.319 e.